The Morgan fingerprint density at radius 3 is 2.62 bits per heavy atom. The van der Waals surface area contributed by atoms with Crippen LogP contribution in [0.4, 0.5) is 11.4 Å². The van der Waals surface area contributed by atoms with E-state index in [2.05, 4.69) is 0 Å². The van der Waals surface area contributed by atoms with Crippen molar-refractivity contribution in [3.63, 3.8) is 0 Å². The number of anilines is 1. The third-order valence-corrected chi connectivity index (χ3v) is 1.62. The third kappa shape index (κ3) is 1.64. The predicted octanol–water partition coefficient (Wildman–Crippen LogP) is 1.30. The summed E-state index contributed by atoms with van der Waals surface area (Å²) in [5.41, 5.74) is 5.84. The summed E-state index contributed by atoms with van der Waals surface area (Å²) in [6, 6.07) is 2.90. The highest BCUT2D eigenvalue weighted by Gasteiger charge is 2.17. The number of benzene rings is 1. The van der Waals surface area contributed by atoms with Crippen LogP contribution in [0.1, 0.15) is 15.9 Å². The van der Waals surface area contributed by atoms with Crippen LogP contribution < -0.4 is 5.73 Å². The second-order valence-corrected chi connectivity index (χ2v) is 2.67. The van der Waals surface area contributed by atoms with Gasteiger partial charge in [0.05, 0.1) is 10.5 Å². The van der Waals surface area contributed by atoms with Crippen LogP contribution in [-0.2, 0) is 0 Å². The topological polar surface area (TPSA) is 86.2 Å². The molecule has 0 unspecified atom stereocenters. The molecule has 0 radical (unpaired) electrons. The van der Waals surface area contributed by atoms with Gasteiger partial charge in [0.15, 0.2) is 6.29 Å². The van der Waals surface area contributed by atoms with Crippen molar-refractivity contribution >= 4 is 17.7 Å². The molecule has 0 amide bonds. The highest BCUT2D eigenvalue weighted by molar-refractivity contribution is 5.86. The van der Waals surface area contributed by atoms with Gasteiger partial charge in [-0.2, -0.15) is 0 Å². The first-order valence-electron chi connectivity index (χ1n) is 3.56. The number of carbonyl (C=O) groups excluding carboxylic acids is 1. The van der Waals surface area contributed by atoms with Crippen LogP contribution in [0.15, 0.2) is 12.1 Å². The number of aldehydes is 1. The lowest BCUT2D eigenvalue weighted by Gasteiger charge is -2.01. The van der Waals surface area contributed by atoms with Crippen LogP contribution in [0.25, 0.3) is 0 Å². The molecule has 0 atom stereocenters. The maximum Gasteiger partial charge on any atom is 0.302 e. The number of nitrogens with zero attached hydrogens (tertiary/aromatic N) is 1. The van der Waals surface area contributed by atoms with E-state index in [1.807, 2.05) is 0 Å². The maximum absolute atomic E-state index is 10.5. The molecule has 0 saturated carbocycles. The molecule has 0 spiro atoms. The zero-order chi connectivity index (χ0) is 10.0. The van der Waals surface area contributed by atoms with E-state index < -0.39 is 4.92 Å². The van der Waals surface area contributed by atoms with Crippen LogP contribution in [0.2, 0.25) is 0 Å². The number of rotatable bonds is 2. The quantitative estimate of drug-likeness (QED) is 0.321. The van der Waals surface area contributed by atoms with E-state index in [1.165, 1.54) is 12.1 Å². The summed E-state index contributed by atoms with van der Waals surface area (Å²) >= 11 is 0. The summed E-state index contributed by atoms with van der Waals surface area (Å²) in [5.74, 6) is 0. The fourth-order valence-electron chi connectivity index (χ4n) is 1.14. The minimum absolute atomic E-state index is 0.0162. The van der Waals surface area contributed by atoms with Gasteiger partial charge in [-0.15, -0.1) is 0 Å². The van der Waals surface area contributed by atoms with Crippen molar-refractivity contribution in [1.29, 1.82) is 0 Å². The van der Waals surface area contributed by atoms with E-state index in [0.717, 1.165) is 5.56 Å². The molecular formula is C8H8N2O3. The fraction of sp³-hybridized carbons (Fsp3) is 0.125. The minimum atomic E-state index is -0.654. The number of nitro benzene ring substituents is 1. The molecule has 0 aliphatic heterocycles. The molecular weight excluding hydrogens is 172 g/mol. The maximum atomic E-state index is 10.5. The zero-order valence-corrected chi connectivity index (χ0v) is 6.98. The van der Waals surface area contributed by atoms with E-state index in [4.69, 9.17) is 5.73 Å². The molecule has 1 aromatic carbocycles. The molecule has 1 aromatic rings. The van der Waals surface area contributed by atoms with Gasteiger partial charge < -0.3 is 5.73 Å². The number of hydrogen-bond donors (Lipinski definition) is 1. The average Bonchev–Trinajstić information content (AvgIpc) is 2.01. The number of aryl methyl sites for hydroxylation is 1. The van der Waals surface area contributed by atoms with Crippen molar-refractivity contribution < 1.29 is 9.72 Å². The molecule has 0 aliphatic carbocycles. The van der Waals surface area contributed by atoms with Crippen molar-refractivity contribution in [1.82, 2.24) is 0 Å². The normalized spacial score (nSPS) is 9.62. The molecule has 13 heavy (non-hydrogen) atoms. The highest BCUT2D eigenvalue weighted by Crippen LogP contribution is 2.26. The predicted molar refractivity (Wildman–Crippen MR) is 47.6 cm³/mol. The standard InChI is InChI=1S/C8H8N2O3/c1-5-2-6(4-11)8(10(12)13)7(9)3-5/h2-4H,9H2,1H3. The van der Waals surface area contributed by atoms with E-state index in [-0.39, 0.29) is 16.9 Å². The Balaban J connectivity index is 3.47. The summed E-state index contributed by atoms with van der Waals surface area (Å²) < 4.78 is 0. The van der Waals surface area contributed by atoms with Gasteiger partial charge in [0.25, 0.3) is 0 Å². The first-order chi connectivity index (χ1) is 6.06. The molecule has 0 fully saturated rings. The molecule has 0 bridgehead atoms. The van der Waals surface area contributed by atoms with E-state index >= 15 is 0 Å². The number of nitrogen functional groups attached to an aromatic ring is 1. The van der Waals surface area contributed by atoms with Crippen LogP contribution in [0.5, 0.6) is 0 Å². The lowest BCUT2D eigenvalue weighted by molar-refractivity contribution is -0.384. The van der Waals surface area contributed by atoms with Crippen LogP contribution >= 0.6 is 0 Å². The summed E-state index contributed by atoms with van der Waals surface area (Å²) in [6.07, 6.45) is 0.432. The Morgan fingerprint density at radius 2 is 2.15 bits per heavy atom. The Labute approximate surface area is 74.3 Å². The summed E-state index contributed by atoms with van der Waals surface area (Å²) in [6.45, 7) is 1.72. The van der Waals surface area contributed by atoms with Gasteiger partial charge in [0.1, 0.15) is 5.69 Å². The van der Waals surface area contributed by atoms with Gasteiger partial charge in [-0.3, -0.25) is 14.9 Å². The molecule has 2 N–H and O–H groups in total. The van der Waals surface area contributed by atoms with Crippen LogP contribution in [0, 0.1) is 17.0 Å². The third-order valence-electron chi connectivity index (χ3n) is 1.62. The summed E-state index contributed by atoms with van der Waals surface area (Å²) in [4.78, 5) is 20.3. The Kier molecular flexibility index (Phi) is 2.27. The van der Waals surface area contributed by atoms with Crippen molar-refractivity contribution in [2.24, 2.45) is 0 Å². The van der Waals surface area contributed by atoms with Crippen molar-refractivity contribution in [2.45, 2.75) is 6.92 Å². The number of carbonyl (C=O) groups is 1. The van der Waals surface area contributed by atoms with E-state index in [0.29, 0.717) is 6.29 Å². The van der Waals surface area contributed by atoms with E-state index in [9.17, 15) is 14.9 Å². The van der Waals surface area contributed by atoms with Crippen molar-refractivity contribution in [3.05, 3.63) is 33.4 Å². The molecule has 5 heteroatoms. The molecule has 0 saturated heterocycles. The summed E-state index contributed by atoms with van der Waals surface area (Å²) in [7, 11) is 0. The fourth-order valence-corrected chi connectivity index (χ4v) is 1.14. The van der Waals surface area contributed by atoms with Gasteiger partial charge >= 0.3 is 5.69 Å². The summed E-state index contributed by atoms with van der Waals surface area (Å²) in [5, 5.41) is 10.5. The van der Waals surface area contributed by atoms with Gasteiger partial charge in [0, 0.05) is 0 Å². The van der Waals surface area contributed by atoms with Crippen LogP contribution in [-0.4, -0.2) is 11.2 Å². The first-order valence-corrected chi connectivity index (χ1v) is 3.56. The number of nitro groups is 1. The Morgan fingerprint density at radius 1 is 1.54 bits per heavy atom. The van der Waals surface area contributed by atoms with Crippen molar-refractivity contribution in [3.8, 4) is 0 Å². The van der Waals surface area contributed by atoms with Crippen LogP contribution in [0.3, 0.4) is 0 Å². The average molecular weight is 180 g/mol. The van der Waals surface area contributed by atoms with Crippen molar-refractivity contribution in [2.75, 3.05) is 5.73 Å². The molecule has 0 heterocycles. The SMILES string of the molecule is Cc1cc(N)c([N+](=O)[O-])c(C=O)c1. The lowest BCUT2D eigenvalue weighted by Crippen LogP contribution is -2.00. The molecule has 1 rings (SSSR count). The first kappa shape index (κ1) is 9.18. The highest BCUT2D eigenvalue weighted by atomic mass is 16.6. The van der Waals surface area contributed by atoms with Gasteiger partial charge in [-0.25, -0.2) is 0 Å². The van der Waals surface area contributed by atoms with Gasteiger partial charge in [-0.1, -0.05) is 0 Å². The lowest BCUT2D eigenvalue weighted by atomic mass is 10.1. The van der Waals surface area contributed by atoms with Gasteiger partial charge in [0.2, 0.25) is 0 Å². The smallest absolute Gasteiger partial charge is 0.302 e. The number of nitrogens with two attached hydrogens (primary N) is 1. The molecule has 68 valence electrons. The minimum Gasteiger partial charge on any atom is -0.393 e. The Bertz CT molecular complexity index is 374. The monoisotopic (exact) mass is 180 g/mol. The molecule has 0 aliphatic rings. The largest absolute Gasteiger partial charge is 0.393 e. The van der Waals surface area contributed by atoms with E-state index in [1.54, 1.807) is 6.92 Å². The zero-order valence-electron chi connectivity index (χ0n) is 6.98. The molecule has 0 aromatic heterocycles. The number of hydrogen-bond acceptors (Lipinski definition) is 4. The Hall–Kier alpha value is -1.91. The van der Waals surface area contributed by atoms with Gasteiger partial charge in [-0.05, 0) is 24.6 Å². The second-order valence-electron chi connectivity index (χ2n) is 2.67. The molecule has 5 nitrogen and oxygen atoms in total. The second kappa shape index (κ2) is 3.22.